The normalized spacial score (nSPS) is 15.8. The van der Waals surface area contributed by atoms with E-state index in [1.807, 2.05) is 13.8 Å². The highest BCUT2D eigenvalue weighted by Gasteiger charge is 2.37. The smallest absolute Gasteiger partial charge is 0.335 e. The molecule has 0 bridgehead atoms. The molecule has 0 unspecified atom stereocenters. The molecule has 1 aliphatic heterocycles. The van der Waals surface area contributed by atoms with Crippen LogP contribution in [0.2, 0.25) is 5.02 Å². The Morgan fingerprint density at radius 2 is 1.93 bits per heavy atom. The van der Waals surface area contributed by atoms with Crippen molar-refractivity contribution in [2.75, 3.05) is 11.5 Å². The van der Waals surface area contributed by atoms with E-state index in [4.69, 9.17) is 16.3 Å². The van der Waals surface area contributed by atoms with Crippen LogP contribution >= 0.6 is 34.2 Å². The van der Waals surface area contributed by atoms with Gasteiger partial charge in [0.05, 0.1) is 15.9 Å². The standard InChI is InChI=1S/C20H16ClIN2O4/c1-3-28-17-7-5-12(9-16(17)22)8-14-18(25)23-20(27)24(19(14)26)13-6-4-11(2)15(21)10-13/h4-10H,3H2,1-2H3,(H,23,25,27)/b14-8-. The van der Waals surface area contributed by atoms with Crippen molar-refractivity contribution >= 4 is 63.8 Å². The zero-order valence-electron chi connectivity index (χ0n) is 15.1. The van der Waals surface area contributed by atoms with Gasteiger partial charge in [-0.2, -0.15) is 0 Å². The minimum atomic E-state index is -0.812. The largest absolute Gasteiger partial charge is 0.493 e. The van der Waals surface area contributed by atoms with Gasteiger partial charge in [-0.15, -0.1) is 0 Å². The van der Waals surface area contributed by atoms with Crippen LogP contribution in [0.1, 0.15) is 18.1 Å². The van der Waals surface area contributed by atoms with Crippen molar-refractivity contribution in [2.24, 2.45) is 0 Å². The number of barbiturate groups is 1. The van der Waals surface area contributed by atoms with E-state index < -0.39 is 17.8 Å². The molecule has 0 aliphatic carbocycles. The number of anilines is 1. The number of halogens is 2. The summed E-state index contributed by atoms with van der Waals surface area (Å²) in [6.07, 6.45) is 1.45. The lowest BCUT2D eigenvalue weighted by Gasteiger charge is -2.26. The maximum absolute atomic E-state index is 12.9. The van der Waals surface area contributed by atoms with Crippen molar-refractivity contribution in [3.05, 3.63) is 61.7 Å². The predicted molar refractivity (Wildman–Crippen MR) is 116 cm³/mol. The zero-order chi connectivity index (χ0) is 20.4. The minimum absolute atomic E-state index is 0.142. The van der Waals surface area contributed by atoms with E-state index in [9.17, 15) is 14.4 Å². The third kappa shape index (κ3) is 4.05. The van der Waals surface area contributed by atoms with Gasteiger partial charge in [-0.1, -0.05) is 23.7 Å². The summed E-state index contributed by atoms with van der Waals surface area (Å²) < 4.78 is 6.34. The van der Waals surface area contributed by atoms with Crippen molar-refractivity contribution in [1.82, 2.24) is 5.32 Å². The first-order valence-electron chi connectivity index (χ1n) is 8.41. The fourth-order valence-corrected chi connectivity index (χ4v) is 3.53. The van der Waals surface area contributed by atoms with Gasteiger partial charge in [0.15, 0.2) is 0 Å². The van der Waals surface area contributed by atoms with Crippen LogP contribution in [0.4, 0.5) is 10.5 Å². The summed E-state index contributed by atoms with van der Waals surface area (Å²) in [4.78, 5) is 38.3. The number of nitrogens with zero attached hydrogens (tertiary/aromatic N) is 1. The quantitative estimate of drug-likeness (QED) is 0.378. The first-order chi connectivity index (χ1) is 13.3. The number of nitrogens with one attached hydrogen (secondary N) is 1. The molecule has 3 rings (SSSR count). The fraction of sp³-hybridized carbons (Fsp3) is 0.150. The fourth-order valence-electron chi connectivity index (χ4n) is 2.66. The number of carbonyl (C=O) groups excluding carboxylic acids is 3. The summed E-state index contributed by atoms with van der Waals surface area (Å²) in [5, 5.41) is 2.62. The topological polar surface area (TPSA) is 75.7 Å². The molecule has 1 fully saturated rings. The molecule has 2 aromatic rings. The van der Waals surface area contributed by atoms with Gasteiger partial charge in [-0.3, -0.25) is 14.9 Å². The molecule has 0 spiro atoms. The summed E-state index contributed by atoms with van der Waals surface area (Å²) in [6, 6.07) is 9.31. The minimum Gasteiger partial charge on any atom is -0.493 e. The number of urea groups is 1. The SMILES string of the molecule is CCOc1ccc(/C=C2/C(=O)NC(=O)N(c3ccc(C)c(Cl)c3)C2=O)cc1I. The molecule has 4 amide bonds. The van der Waals surface area contributed by atoms with E-state index in [2.05, 4.69) is 27.9 Å². The first kappa shape index (κ1) is 20.3. The Kier molecular flexibility index (Phi) is 6.04. The molecule has 1 saturated heterocycles. The molecule has 1 N–H and O–H groups in total. The van der Waals surface area contributed by atoms with Crippen molar-refractivity contribution in [3.8, 4) is 5.75 Å². The highest BCUT2D eigenvalue weighted by Crippen LogP contribution is 2.28. The Balaban J connectivity index is 1.98. The van der Waals surface area contributed by atoms with Gasteiger partial charge in [0, 0.05) is 5.02 Å². The highest BCUT2D eigenvalue weighted by atomic mass is 127. The molecule has 0 aromatic heterocycles. The summed E-state index contributed by atoms with van der Waals surface area (Å²) >= 11 is 8.24. The number of rotatable bonds is 4. The van der Waals surface area contributed by atoms with E-state index >= 15 is 0 Å². The monoisotopic (exact) mass is 510 g/mol. The van der Waals surface area contributed by atoms with E-state index in [1.165, 1.54) is 12.1 Å². The van der Waals surface area contributed by atoms with Crippen LogP contribution in [-0.2, 0) is 9.59 Å². The molecule has 1 aliphatic rings. The number of benzene rings is 2. The molecular weight excluding hydrogens is 495 g/mol. The predicted octanol–water partition coefficient (Wildman–Crippen LogP) is 4.32. The Bertz CT molecular complexity index is 1020. The Morgan fingerprint density at radius 3 is 2.57 bits per heavy atom. The van der Waals surface area contributed by atoms with Crippen LogP contribution in [0.3, 0.4) is 0 Å². The Labute approximate surface area is 180 Å². The summed E-state index contributed by atoms with van der Waals surface area (Å²) in [6.45, 7) is 4.24. The maximum atomic E-state index is 12.9. The van der Waals surface area contributed by atoms with E-state index in [0.717, 1.165) is 19.8 Å². The first-order valence-corrected chi connectivity index (χ1v) is 9.87. The third-order valence-electron chi connectivity index (χ3n) is 4.08. The van der Waals surface area contributed by atoms with Gasteiger partial charge in [0.2, 0.25) is 0 Å². The van der Waals surface area contributed by atoms with Gasteiger partial charge in [-0.25, -0.2) is 9.69 Å². The molecule has 28 heavy (non-hydrogen) atoms. The molecule has 8 heteroatoms. The van der Waals surface area contributed by atoms with Crippen LogP contribution in [-0.4, -0.2) is 24.5 Å². The molecule has 144 valence electrons. The third-order valence-corrected chi connectivity index (χ3v) is 5.33. The summed E-state index contributed by atoms with van der Waals surface area (Å²) in [7, 11) is 0. The summed E-state index contributed by atoms with van der Waals surface area (Å²) in [5.41, 5.74) is 1.60. The molecule has 0 radical (unpaired) electrons. The number of ether oxygens (including phenoxy) is 1. The molecule has 0 atom stereocenters. The average Bonchev–Trinajstić information content (AvgIpc) is 2.63. The van der Waals surface area contributed by atoms with Crippen LogP contribution in [0.5, 0.6) is 5.75 Å². The van der Waals surface area contributed by atoms with E-state index in [1.54, 1.807) is 30.3 Å². The number of carbonyl (C=O) groups is 3. The molecule has 1 heterocycles. The number of amides is 4. The molecule has 0 saturated carbocycles. The van der Waals surface area contributed by atoms with Crippen LogP contribution < -0.4 is 15.0 Å². The lowest BCUT2D eigenvalue weighted by Crippen LogP contribution is -2.54. The van der Waals surface area contributed by atoms with Crippen molar-refractivity contribution in [2.45, 2.75) is 13.8 Å². The van der Waals surface area contributed by atoms with Crippen molar-refractivity contribution < 1.29 is 19.1 Å². The average molecular weight is 511 g/mol. The number of aryl methyl sites for hydroxylation is 1. The van der Waals surface area contributed by atoms with Gasteiger partial charge >= 0.3 is 6.03 Å². The second kappa shape index (κ2) is 8.32. The van der Waals surface area contributed by atoms with Gasteiger partial charge < -0.3 is 4.74 Å². The van der Waals surface area contributed by atoms with E-state index in [0.29, 0.717) is 17.2 Å². The number of imide groups is 2. The summed E-state index contributed by atoms with van der Waals surface area (Å²) in [5.74, 6) is -0.735. The highest BCUT2D eigenvalue weighted by molar-refractivity contribution is 14.1. The van der Waals surface area contributed by atoms with Crippen molar-refractivity contribution in [3.63, 3.8) is 0 Å². The lowest BCUT2D eigenvalue weighted by molar-refractivity contribution is -0.122. The Morgan fingerprint density at radius 1 is 1.18 bits per heavy atom. The maximum Gasteiger partial charge on any atom is 0.335 e. The zero-order valence-corrected chi connectivity index (χ0v) is 18.0. The number of hydrogen-bond acceptors (Lipinski definition) is 4. The molecular formula is C20H16ClIN2O4. The van der Waals surface area contributed by atoms with Crippen LogP contribution in [0.15, 0.2) is 42.0 Å². The molecule has 2 aromatic carbocycles. The van der Waals surface area contributed by atoms with Crippen LogP contribution in [0.25, 0.3) is 6.08 Å². The Hall–Kier alpha value is -2.39. The second-order valence-corrected chi connectivity index (χ2v) is 7.58. The van der Waals surface area contributed by atoms with Crippen molar-refractivity contribution in [1.29, 1.82) is 0 Å². The van der Waals surface area contributed by atoms with Crippen LogP contribution in [0, 0.1) is 10.5 Å². The van der Waals surface area contributed by atoms with E-state index in [-0.39, 0.29) is 11.3 Å². The lowest BCUT2D eigenvalue weighted by atomic mass is 10.1. The van der Waals surface area contributed by atoms with Gasteiger partial charge in [0.25, 0.3) is 11.8 Å². The van der Waals surface area contributed by atoms with Gasteiger partial charge in [-0.05, 0) is 77.9 Å². The number of hydrogen-bond donors (Lipinski definition) is 1. The van der Waals surface area contributed by atoms with Gasteiger partial charge in [0.1, 0.15) is 11.3 Å². The second-order valence-electron chi connectivity index (χ2n) is 6.01. The molecule has 6 nitrogen and oxygen atoms in total.